The molecule has 6 nitrogen and oxygen atoms in total. The average molecular weight is 332 g/mol. The first-order valence-electron chi connectivity index (χ1n) is 8.64. The summed E-state index contributed by atoms with van der Waals surface area (Å²) in [5, 5.41) is 2.40. The molecule has 126 valence electrons. The van der Waals surface area contributed by atoms with Crippen molar-refractivity contribution in [1.29, 1.82) is 0 Å². The number of nitrogens with one attached hydrogen (secondary N) is 1. The molecule has 1 N–H and O–H groups in total. The summed E-state index contributed by atoms with van der Waals surface area (Å²) in [5.74, 6) is 0.982. The van der Waals surface area contributed by atoms with E-state index in [4.69, 9.17) is 4.98 Å². The Balaban J connectivity index is 1.70. The van der Waals surface area contributed by atoms with Gasteiger partial charge in [0.05, 0.1) is 28.4 Å². The zero-order valence-corrected chi connectivity index (χ0v) is 14.2. The minimum atomic E-state index is 0.967. The van der Waals surface area contributed by atoms with Crippen molar-refractivity contribution < 1.29 is 0 Å². The maximum atomic E-state index is 4.94. The van der Waals surface area contributed by atoms with E-state index in [1.54, 1.807) is 6.33 Å². The van der Waals surface area contributed by atoms with Gasteiger partial charge in [-0.1, -0.05) is 12.1 Å². The van der Waals surface area contributed by atoms with Crippen LogP contribution in [0.2, 0.25) is 0 Å². The van der Waals surface area contributed by atoms with Crippen molar-refractivity contribution in [3.63, 3.8) is 0 Å². The van der Waals surface area contributed by atoms with Gasteiger partial charge in [0, 0.05) is 31.7 Å². The third-order valence-electron chi connectivity index (χ3n) is 4.98. The Labute approximate surface area is 145 Å². The van der Waals surface area contributed by atoms with Gasteiger partial charge >= 0.3 is 0 Å². The van der Waals surface area contributed by atoms with Crippen molar-refractivity contribution in [2.24, 2.45) is 0 Å². The zero-order chi connectivity index (χ0) is 16.8. The number of H-pyrrole nitrogens is 1. The molecular formula is C19H20N6. The van der Waals surface area contributed by atoms with Gasteiger partial charge < -0.3 is 14.9 Å². The van der Waals surface area contributed by atoms with Crippen LogP contribution in [-0.4, -0.2) is 57.8 Å². The minimum Gasteiger partial charge on any atom is -0.345 e. The predicted octanol–water partition coefficient (Wildman–Crippen LogP) is 2.46. The van der Waals surface area contributed by atoms with Crippen LogP contribution in [-0.2, 0) is 0 Å². The van der Waals surface area contributed by atoms with Crippen LogP contribution in [0, 0.1) is 0 Å². The molecule has 5 rings (SSSR count). The summed E-state index contributed by atoms with van der Waals surface area (Å²) in [6.07, 6.45) is 1.73. The number of rotatable bonds is 2. The van der Waals surface area contributed by atoms with E-state index in [1.807, 2.05) is 6.07 Å². The summed E-state index contributed by atoms with van der Waals surface area (Å²) >= 11 is 0. The van der Waals surface area contributed by atoms with E-state index < -0.39 is 0 Å². The minimum absolute atomic E-state index is 0.967. The van der Waals surface area contributed by atoms with Gasteiger partial charge in [-0.2, -0.15) is 0 Å². The summed E-state index contributed by atoms with van der Waals surface area (Å²) in [7, 11) is 2.18. The molecule has 2 aromatic heterocycles. The molecule has 2 aromatic carbocycles. The van der Waals surface area contributed by atoms with E-state index >= 15 is 0 Å². The van der Waals surface area contributed by atoms with Gasteiger partial charge in [0.25, 0.3) is 0 Å². The smallest absolute Gasteiger partial charge is 0.159 e. The third kappa shape index (κ3) is 2.37. The second kappa shape index (κ2) is 5.60. The van der Waals surface area contributed by atoms with Gasteiger partial charge in [-0.15, -0.1) is 0 Å². The van der Waals surface area contributed by atoms with E-state index in [9.17, 15) is 0 Å². The first kappa shape index (κ1) is 14.5. The Bertz CT molecular complexity index is 1040. The third-order valence-corrected chi connectivity index (χ3v) is 4.98. The Morgan fingerprint density at radius 1 is 0.960 bits per heavy atom. The second-order valence-corrected chi connectivity index (χ2v) is 6.63. The van der Waals surface area contributed by atoms with E-state index in [1.165, 1.54) is 0 Å². The fourth-order valence-electron chi connectivity index (χ4n) is 3.55. The number of nitrogens with zero attached hydrogens (tertiary/aromatic N) is 5. The molecule has 0 aliphatic carbocycles. The molecule has 0 spiro atoms. The van der Waals surface area contributed by atoms with Crippen LogP contribution in [0.5, 0.6) is 0 Å². The fraction of sp³-hybridized carbons (Fsp3) is 0.263. The van der Waals surface area contributed by atoms with Crippen LogP contribution in [0.4, 0.5) is 0 Å². The summed E-state index contributed by atoms with van der Waals surface area (Å²) in [6, 6.07) is 14.7. The SMILES string of the molecule is CN1CCN(n2c(-c3ccc4[nH]cnc4c3)nc3ccccc32)CC1. The van der Waals surface area contributed by atoms with Crippen LogP contribution < -0.4 is 5.01 Å². The molecule has 0 saturated carbocycles. The predicted molar refractivity (Wildman–Crippen MR) is 100 cm³/mol. The van der Waals surface area contributed by atoms with Crippen LogP contribution in [0.25, 0.3) is 33.5 Å². The monoisotopic (exact) mass is 332 g/mol. The standard InChI is InChI=1S/C19H20N6/c1-23-8-10-24(11-9-23)25-18-5-3-2-4-16(18)22-19(25)14-6-7-15-17(12-14)21-13-20-15/h2-7,12-13H,8-11H2,1H3,(H,20,21). The highest BCUT2D eigenvalue weighted by atomic mass is 15.6. The molecular weight excluding hydrogens is 312 g/mol. The van der Waals surface area contributed by atoms with Gasteiger partial charge in [0.15, 0.2) is 5.82 Å². The molecule has 0 radical (unpaired) electrons. The number of para-hydroxylation sites is 2. The summed E-state index contributed by atoms with van der Waals surface area (Å²) in [4.78, 5) is 14.9. The highest BCUT2D eigenvalue weighted by Crippen LogP contribution is 2.27. The number of benzene rings is 2. The number of imidazole rings is 2. The zero-order valence-electron chi connectivity index (χ0n) is 14.2. The van der Waals surface area contributed by atoms with Gasteiger partial charge in [-0.25, -0.2) is 14.6 Å². The highest BCUT2D eigenvalue weighted by molar-refractivity contribution is 5.85. The lowest BCUT2D eigenvalue weighted by atomic mass is 10.2. The van der Waals surface area contributed by atoms with Gasteiger partial charge in [0.2, 0.25) is 0 Å². The van der Waals surface area contributed by atoms with Crippen molar-refractivity contribution >= 4 is 22.1 Å². The summed E-state index contributed by atoms with van der Waals surface area (Å²) in [6.45, 7) is 4.11. The molecule has 1 saturated heterocycles. The van der Waals surface area contributed by atoms with Crippen LogP contribution in [0.1, 0.15) is 0 Å². The summed E-state index contributed by atoms with van der Waals surface area (Å²) in [5.41, 5.74) is 5.29. The van der Waals surface area contributed by atoms with Gasteiger partial charge in [-0.05, 0) is 37.4 Å². The number of aromatic nitrogens is 4. The fourth-order valence-corrected chi connectivity index (χ4v) is 3.55. The Morgan fingerprint density at radius 3 is 2.68 bits per heavy atom. The normalized spacial score (nSPS) is 16.1. The number of hydrogen-bond acceptors (Lipinski definition) is 4. The Kier molecular flexibility index (Phi) is 3.24. The number of hydrogen-bond donors (Lipinski definition) is 1. The quantitative estimate of drug-likeness (QED) is 0.613. The first-order valence-corrected chi connectivity index (χ1v) is 8.64. The van der Waals surface area contributed by atoms with Crippen molar-refractivity contribution in [2.75, 3.05) is 38.2 Å². The van der Waals surface area contributed by atoms with E-state index in [0.717, 1.165) is 59.6 Å². The lowest BCUT2D eigenvalue weighted by Crippen LogP contribution is -2.49. The first-order chi connectivity index (χ1) is 12.3. The highest BCUT2D eigenvalue weighted by Gasteiger charge is 2.21. The van der Waals surface area contributed by atoms with Crippen LogP contribution >= 0.6 is 0 Å². The molecule has 25 heavy (non-hydrogen) atoms. The molecule has 1 aliphatic rings. The molecule has 1 aliphatic heterocycles. The van der Waals surface area contributed by atoms with Crippen molar-refractivity contribution in [1.82, 2.24) is 24.5 Å². The lowest BCUT2D eigenvalue weighted by molar-refractivity contribution is 0.290. The molecule has 6 heteroatoms. The molecule has 3 heterocycles. The van der Waals surface area contributed by atoms with Crippen LogP contribution in [0.3, 0.4) is 0 Å². The van der Waals surface area contributed by atoms with Crippen molar-refractivity contribution in [3.8, 4) is 11.4 Å². The average Bonchev–Trinajstić information content (AvgIpc) is 3.26. The molecule has 0 unspecified atom stereocenters. The largest absolute Gasteiger partial charge is 0.345 e. The summed E-state index contributed by atoms with van der Waals surface area (Å²) < 4.78 is 2.29. The maximum absolute atomic E-state index is 4.94. The van der Waals surface area contributed by atoms with Gasteiger partial charge in [0.1, 0.15) is 0 Å². The van der Waals surface area contributed by atoms with Crippen molar-refractivity contribution in [2.45, 2.75) is 0 Å². The number of piperazine rings is 1. The number of fused-ring (bicyclic) bond motifs is 2. The molecule has 0 atom stereocenters. The molecule has 4 aromatic rings. The Hall–Kier alpha value is -2.86. The second-order valence-electron chi connectivity index (χ2n) is 6.63. The molecule has 0 amide bonds. The van der Waals surface area contributed by atoms with Gasteiger partial charge in [-0.3, -0.25) is 0 Å². The van der Waals surface area contributed by atoms with Crippen LogP contribution in [0.15, 0.2) is 48.8 Å². The Morgan fingerprint density at radius 2 is 1.80 bits per heavy atom. The maximum Gasteiger partial charge on any atom is 0.159 e. The molecule has 0 bridgehead atoms. The van der Waals surface area contributed by atoms with Crippen molar-refractivity contribution in [3.05, 3.63) is 48.8 Å². The van der Waals surface area contributed by atoms with E-state index in [-0.39, 0.29) is 0 Å². The lowest BCUT2D eigenvalue weighted by Gasteiger charge is -2.35. The molecule has 1 fully saturated rings. The topological polar surface area (TPSA) is 53.0 Å². The van der Waals surface area contributed by atoms with E-state index in [0.29, 0.717) is 0 Å². The van der Waals surface area contributed by atoms with E-state index in [2.05, 4.69) is 68.0 Å². The number of likely N-dealkylation sites (N-methyl/N-ethyl adjacent to an activating group) is 1. The number of aromatic amines is 1.